The van der Waals surface area contributed by atoms with Crippen LogP contribution < -0.4 is 10.6 Å². The largest absolute Gasteiger partial charge is 0.326 e. The number of anilines is 1. The Morgan fingerprint density at radius 1 is 1.39 bits per heavy atom. The Morgan fingerprint density at radius 2 is 2.11 bits per heavy atom. The second-order valence-corrected chi connectivity index (χ2v) is 5.15. The fourth-order valence-electron chi connectivity index (χ4n) is 3.11. The zero-order valence-electron chi connectivity index (χ0n) is 10.1. The Balaban J connectivity index is 1.98. The molecule has 96 valence electrons. The molecule has 2 fully saturated rings. The number of aromatic nitrogens is 2. The van der Waals surface area contributed by atoms with E-state index >= 15 is 0 Å². The van der Waals surface area contributed by atoms with E-state index in [1.807, 2.05) is 0 Å². The Bertz CT molecular complexity index is 502. The third kappa shape index (κ3) is 1.42. The van der Waals surface area contributed by atoms with Gasteiger partial charge < -0.3 is 5.73 Å². The molecule has 1 spiro atoms. The summed E-state index contributed by atoms with van der Waals surface area (Å²) in [6.07, 6.45) is 5.59. The molecular weight excluding hydrogens is 232 g/mol. The van der Waals surface area contributed by atoms with Crippen LogP contribution in [-0.4, -0.2) is 22.0 Å². The average Bonchev–Trinajstić information content (AvgIpc) is 3.02. The number of carbonyl (C=O) groups excluding carboxylic acids is 2. The molecule has 2 aliphatic rings. The summed E-state index contributed by atoms with van der Waals surface area (Å²) in [4.78, 5) is 25.9. The SMILES string of the molecule is NCc1cn[nH]c1N1C(=O)CC2(CCCC2)C1=O. The molecule has 1 saturated carbocycles. The van der Waals surface area contributed by atoms with Crippen molar-refractivity contribution < 1.29 is 9.59 Å². The molecule has 1 aromatic rings. The molecule has 1 saturated heterocycles. The van der Waals surface area contributed by atoms with Gasteiger partial charge in [-0.25, -0.2) is 4.90 Å². The Labute approximate surface area is 105 Å². The highest BCUT2D eigenvalue weighted by atomic mass is 16.2. The molecule has 6 nitrogen and oxygen atoms in total. The molecule has 0 radical (unpaired) electrons. The van der Waals surface area contributed by atoms with Crippen LogP contribution in [0.4, 0.5) is 5.82 Å². The van der Waals surface area contributed by atoms with Crippen LogP contribution in [0.1, 0.15) is 37.7 Å². The van der Waals surface area contributed by atoms with Gasteiger partial charge in [0.2, 0.25) is 11.8 Å². The quantitative estimate of drug-likeness (QED) is 0.753. The van der Waals surface area contributed by atoms with Crippen molar-refractivity contribution in [2.45, 2.75) is 38.6 Å². The number of imide groups is 1. The minimum Gasteiger partial charge on any atom is -0.326 e. The van der Waals surface area contributed by atoms with E-state index in [9.17, 15) is 9.59 Å². The van der Waals surface area contributed by atoms with Gasteiger partial charge in [-0.3, -0.25) is 14.7 Å². The Morgan fingerprint density at radius 3 is 2.78 bits per heavy atom. The first-order valence-electron chi connectivity index (χ1n) is 6.28. The third-order valence-electron chi connectivity index (χ3n) is 4.09. The van der Waals surface area contributed by atoms with Crippen molar-refractivity contribution in [2.24, 2.45) is 11.1 Å². The van der Waals surface area contributed by atoms with Crippen molar-refractivity contribution in [1.82, 2.24) is 10.2 Å². The molecule has 2 heterocycles. The minimum atomic E-state index is -0.450. The lowest BCUT2D eigenvalue weighted by Crippen LogP contribution is -2.35. The lowest BCUT2D eigenvalue weighted by atomic mass is 9.84. The summed E-state index contributed by atoms with van der Waals surface area (Å²) < 4.78 is 0. The zero-order valence-corrected chi connectivity index (χ0v) is 10.1. The number of H-pyrrole nitrogens is 1. The molecule has 1 aromatic heterocycles. The highest BCUT2D eigenvalue weighted by Crippen LogP contribution is 2.47. The van der Waals surface area contributed by atoms with Crippen LogP contribution in [0.2, 0.25) is 0 Å². The number of nitrogens with one attached hydrogen (secondary N) is 1. The van der Waals surface area contributed by atoms with Crippen LogP contribution in [0.5, 0.6) is 0 Å². The maximum atomic E-state index is 12.5. The van der Waals surface area contributed by atoms with Crippen LogP contribution in [0.15, 0.2) is 6.20 Å². The number of carbonyl (C=O) groups is 2. The van der Waals surface area contributed by atoms with Gasteiger partial charge in [-0.05, 0) is 12.8 Å². The van der Waals surface area contributed by atoms with E-state index < -0.39 is 5.41 Å². The normalized spacial score (nSPS) is 22.4. The van der Waals surface area contributed by atoms with Gasteiger partial charge in [0.1, 0.15) is 5.82 Å². The van der Waals surface area contributed by atoms with Crippen molar-refractivity contribution in [1.29, 1.82) is 0 Å². The predicted molar refractivity (Wildman–Crippen MR) is 64.5 cm³/mol. The van der Waals surface area contributed by atoms with E-state index in [0.717, 1.165) is 25.7 Å². The highest BCUT2D eigenvalue weighted by molar-refractivity contribution is 6.22. The maximum absolute atomic E-state index is 12.5. The topological polar surface area (TPSA) is 92.1 Å². The molecule has 2 amide bonds. The Hall–Kier alpha value is -1.69. The second kappa shape index (κ2) is 3.91. The van der Waals surface area contributed by atoms with Crippen molar-refractivity contribution in [2.75, 3.05) is 4.90 Å². The van der Waals surface area contributed by atoms with Crippen LogP contribution in [-0.2, 0) is 16.1 Å². The first-order valence-corrected chi connectivity index (χ1v) is 6.28. The minimum absolute atomic E-state index is 0.0797. The van der Waals surface area contributed by atoms with E-state index in [1.54, 1.807) is 6.20 Å². The molecule has 3 N–H and O–H groups in total. The molecule has 1 aliphatic heterocycles. The second-order valence-electron chi connectivity index (χ2n) is 5.15. The fourth-order valence-corrected chi connectivity index (χ4v) is 3.11. The van der Waals surface area contributed by atoms with Crippen LogP contribution in [0.25, 0.3) is 0 Å². The molecular formula is C12H16N4O2. The van der Waals surface area contributed by atoms with E-state index in [4.69, 9.17) is 5.73 Å². The summed E-state index contributed by atoms with van der Waals surface area (Å²) in [5.74, 6) is 0.237. The lowest BCUT2D eigenvalue weighted by Gasteiger charge is -2.20. The maximum Gasteiger partial charge on any atom is 0.241 e. The third-order valence-corrected chi connectivity index (χ3v) is 4.09. The van der Waals surface area contributed by atoms with E-state index in [2.05, 4.69) is 10.2 Å². The van der Waals surface area contributed by atoms with Crippen LogP contribution in [0, 0.1) is 5.41 Å². The van der Waals surface area contributed by atoms with Gasteiger partial charge in [-0.2, -0.15) is 5.10 Å². The Kier molecular flexibility index (Phi) is 2.48. The molecule has 18 heavy (non-hydrogen) atoms. The summed E-state index contributed by atoms with van der Waals surface area (Å²) in [5, 5.41) is 6.59. The predicted octanol–water partition coefficient (Wildman–Crippen LogP) is 0.692. The molecule has 0 aromatic carbocycles. The zero-order chi connectivity index (χ0) is 12.8. The summed E-state index contributed by atoms with van der Waals surface area (Å²) in [5.41, 5.74) is 5.84. The van der Waals surface area contributed by atoms with E-state index in [1.165, 1.54) is 4.90 Å². The van der Waals surface area contributed by atoms with Gasteiger partial charge >= 0.3 is 0 Å². The number of nitrogens with two attached hydrogens (primary N) is 1. The fraction of sp³-hybridized carbons (Fsp3) is 0.583. The molecule has 3 rings (SSSR count). The van der Waals surface area contributed by atoms with Crippen LogP contribution in [0.3, 0.4) is 0 Å². The number of nitrogens with zero attached hydrogens (tertiary/aromatic N) is 2. The summed E-state index contributed by atoms with van der Waals surface area (Å²) >= 11 is 0. The molecule has 0 unspecified atom stereocenters. The molecule has 1 aliphatic carbocycles. The average molecular weight is 248 g/mol. The molecule has 0 atom stereocenters. The van der Waals surface area contributed by atoms with Gasteiger partial charge in [-0.1, -0.05) is 12.8 Å². The standard InChI is InChI=1S/C12H16N4O2/c13-6-8-7-14-15-10(8)16-9(17)5-12(11(16)18)3-1-2-4-12/h7H,1-6,13H2,(H,14,15). The van der Waals surface area contributed by atoms with Crippen molar-refractivity contribution in [3.63, 3.8) is 0 Å². The number of rotatable bonds is 2. The van der Waals surface area contributed by atoms with Crippen molar-refractivity contribution >= 4 is 17.6 Å². The molecule has 6 heteroatoms. The number of amides is 2. The van der Waals surface area contributed by atoms with Crippen molar-refractivity contribution in [3.8, 4) is 0 Å². The number of aromatic amines is 1. The first-order chi connectivity index (χ1) is 8.68. The van der Waals surface area contributed by atoms with Crippen molar-refractivity contribution in [3.05, 3.63) is 11.8 Å². The molecule has 0 bridgehead atoms. The van der Waals surface area contributed by atoms with E-state index in [-0.39, 0.29) is 18.4 Å². The summed E-state index contributed by atoms with van der Waals surface area (Å²) in [6.45, 7) is 0.260. The van der Waals surface area contributed by atoms with Gasteiger partial charge in [0.25, 0.3) is 0 Å². The monoisotopic (exact) mass is 248 g/mol. The lowest BCUT2D eigenvalue weighted by molar-refractivity contribution is -0.125. The van der Waals surface area contributed by atoms with Gasteiger partial charge in [0.15, 0.2) is 0 Å². The first kappa shape index (κ1) is 11.4. The van der Waals surface area contributed by atoms with Gasteiger partial charge in [0, 0.05) is 18.5 Å². The summed E-state index contributed by atoms with van der Waals surface area (Å²) in [6, 6.07) is 0. The number of hydrogen-bond donors (Lipinski definition) is 2. The van der Waals surface area contributed by atoms with E-state index in [0.29, 0.717) is 17.8 Å². The van der Waals surface area contributed by atoms with Gasteiger partial charge in [-0.15, -0.1) is 0 Å². The number of hydrogen-bond acceptors (Lipinski definition) is 4. The summed E-state index contributed by atoms with van der Waals surface area (Å²) in [7, 11) is 0. The highest BCUT2D eigenvalue weighted by Gasteiger charge is 2.53. The smallest absolute Gasteiger partial charge is 0.241 e. The van der Waals surface area contributed by atoms with Gasteiger partial charge in [0.05, 0.1) is 11.6 Å². The van der Waals surface area contributed by atoms with Crippen LogP contribution >= 0.6 is 0 Å².